The summed E-state index contributed by atoms with van der Waals surface area (Å²) in [4.78, 5) is 17.1. The molecule has 2 aromatic carbocycles. The molecule has 0 spiro atoms. The lowest BCUT2D eigenvalue weighted by Gasteiger charge is -2.14. The largest absolute Gasteiger partial charge is 0.496 e. The maximum absolute atomic E-state index is 12.9. The summed E-state index contributed by atoms with van der Waals surface area (Å²) in [7, 11) is 3.15. The van der Waals surface area contributed by atoms with Crippen molar-refractivity contribution < 1.29 is 9.47 Å². The Balaban J connectivity index is 1.96. The van der Waals surface area contributed by atoms with Gasteiger partial charge in [-0.1, -0.05) is 29.8 Å². The number of aryl methyl sites for hydroxylation is 1. The van der Waals surface area contributed by atoms with Gasteiger partial charge in [-0.15, -0.1) is 0 Å². The van der Waals surface area contributed by atoms with E-state index in [0.29, 0.717) is 23.0 Å². The summed E-state index contributed by atoms with van der Waals surface area (Å²) in [6.07, 6.45) is 3.16. The monoisotopic (exact) mass is 385 g/mol. The quantitative estimate of drug-likeness (QED) is 0.698. The van der Waals surface area contributed by atoms with Crippen molar-refractivity contribution in [2.24, 2.45) is 0 Å². The van der Waals surface area contributed by atoms with Crippen molar-refractivity contribution in [1.29, 1.82) is 0 Å². The predicted molar refractivity (Wildman–Crippen MR) is 106 cm³/mol. The maximum atomic E-state index is 12.9. The first-order valence-corrected chi connectivity index (χ1v) is 8.71. The maximum Gasteiger partial charge on any atom is 0.297 e. The van der Waals surface area contributed by atoms with E-state index in [0.717, 1.165) is 16.9 Å². The molecule has 1 heterocycles. The van der Waals surface area contributed by atoms with Gasteiger partial charge in [0.1, 0.15) is 11.5 Å². The Morgan fingerprint density at radius 3 is 2.63 bits per heavy atom. The summed E-state index contributed by atoms with van der Waals surface area (Å²) >= 11 is 6.17. The van der Waals surface area contributed by atoms with Gasteiger partial charge < -0.3 is 14.8 Å². The number of hydrogen-bond acceptors (Lipinski definition) is 5. The fourth-order valence-corrected chi connectivity index (χ4v) is 2.90. The van der Waals surface area contributed by atoms with Crippen molar-refractivity contribution in [3.8, 4) is 17.2 Å². The zero-order valence-corrected chi connectivity index (χ0v) is 16.1. The summed E-state index contributed by atoms with van der Waals surface area (Å²) < 4.78 is 12.2. The molecule has 0 aliphatic heterocycles. The van der Waals surface area contributed by atoms with Gasteiger partial charge in [0.25, 0.3) is 5.56 Å². The van der Waals surface area contributed by atoms with E-state index >= 15 is 0 Å². The SMILES string of the molecule is COc1ccccc1CNc1nccn(-c2cc(C)c(Cl)cc2OC)c1=O. The minimum atomic E-state index is -0.285. The molecule has 0 amide bonds. The standard InChI is InChI=1S/C20H20ClN3O3/c1-13-10-16(18(27-3)11-15(13)21)24-9-8-22-19(20(24)25)23-12-14-6-4-5-7-17(14)26-2/h4-11H,12H2,1-3H3,(H,22,23). The number of aromatic nitrogens is 2. The molecule has 0 aliphatic rings. The Labute approximate surface area is 162 Å². The minimum absolute atomic E-state index is 0.234. The molecular formula is C20H20ClN3O3. The van der Waals surface area contributed by atoms with Crippen molar-refractivity contribution in [3.05, 3.63) is 75.3 Å². The van der Waals surface area contributed by atoms with Crippen LogP contribution in [0.5, 0.6) is 11.5 Å². The van der Waals surface area contributed by atoms with Crippen LogP contribution in [0, 0.1) is 6.92 Å². The normalized spacial score (nSPS) is 10.5. The molecule has 1 N–H and O–H groups in total. The van der Waals surface area contributed by atoms with Crippen molar-refractivity contribution >= 4 is 17.4 Å². The number of benzene rings is 2. The van der Waals surface area contributed by atoms with E-state index in [4.69, 9.17) is 21.1 Å². The van der Waals surface area contributed by atoms with Gasteiger partial charge in [-0.05, 0) is 24.6 Å². The number of para-hydroxylation sites is 1. The van der Waals surface area contributed by atoms with Crippen LogP contribution >= 0.6 is 11.6 Å². The number of anilines is 1. The molecule has 7 heteroatoms. The molecule has 3 aromatic rings. The first-order chi connectivity index (χ1) is 13.0. The number of nitrogens with zero attached hydrogens (tertiary/aromatic N) is 2. The van der Waals surface area contributed by atoms with Gasteiger partial charge in [0.2, 0.25) is 0 Å². The number of ether oxygens (including phenoxy) is 2. The zero-order chi connectivity index (χ0) is 19.4. The number of hydrogen-bond donors (Lipinski definition) is 1. The summed E-state index contributed by atoms with van der Waals surface area (Å²) in [6, 6.07) is 11.1. The number of rotatable bonds is 6. The third kappa shape index (κ3) is 3.90. The Hall–Kier alpha value is -2.99. The molecule has 0 radical (unpaired) electrons. The highest BCUT2D eigenvalue weighted by Gasteiger charge is 2.13. The van der Waals surface area contributed by atoms with Gasteiger partial charge in [-0.3, -0.25) is 9.36 Å². The fourth-order valence-electron chi connectivity index (χ4n) is 2.75. The topological polar surface area (TPSA) is 65.4 Å². The molecule has 0 unspecified atom stereocenters. The van der Waals surface area contributed by atoms with E-state index in [-0.39, 0.29) is 11.4 Å². The third-order valence-corrected chi connectivity index (χ3v) is 4.61. The molecular weight excluding hydrogens is 366 g/mol. The van der Waals surface area contributed by atoms with Crippen LogP contribution in [0.25, 0.3) is 5.69 Å². The highest BCUT2D eigenvalue weighted by molar-refractivity contribution is 6.31. The van der Waals surface area contributed by atoms with Crippen molar-refractivity contribution in [3.63, 3.8) is 0 Å². The Bertz CT molecular complexity index is 1020. The molecule has 0 atom stereocenters. The first kappa shape index (κ1) is 18.8. The summed E-state index contributed by atoms with van der Waals surface area (Å²) in [5.41, 5.74) is 2.09. The Kier molecular flexibility index (Phi) is 5.66. The van der Waals surface area contributed by atoms with Crippen LogP contribution in [0.1, 0.15) is 11.1 Å². The van der Waals surface area contributed by atoms with Crippen molar-refractivity contribution in [1.82, 2.24) is 9.55 Å². The summed E-state index contributed by atoms with van der Waals surface area (Å²) in [5, 5.41) is 3.66. The van der Waals surface area contributed by atoms with Gasteiger partial charge in [-0.25, -0.2) is 4.98 Å². The lowest BCUT2D eigenvalue weighted by Crippen LogP contribution is -2.23. The molecule has 0 aliphatic carbocycles. The molecule has 3 rings (SSSR count). The Morgan fingerprint density at radius 2 is 1.89 bits per heavy atom. The molecule has 1 aromatic heterocycles. The average molecular weight is 386 g/mol. The highest BCUT2D eigenvalue weighted by atomic mass is 35.5. The summed E-state index contributed by atoms with van der Waals surface area (Å²) in [5.74, 6) is 1.49. The Morgan fingerprint density at radius 1 is 1.15 bits per heavy atom. The van der Waals surface area contributed by atoms with Crippen LogP contribution in [0.4, 0.5) is 5.82 Å². The molecule has 0 fully saturated rings. The van der Waals surface area contributed by atoms with Crippen LogP contribution in [-0.2, 0) is 6.54 Å². The van der Waals surface area contributed by atoms with Crippen LogP contribution in [0.2, 0.25) is 5.02 Å². The van der Waals surface area contributed by atoms with E-state index in [1.807, 2.05) is 37.3 Å². The van der Waals surface area contributed by atoms with E-state index < -0.39 is 0 Å². The van der Waals surface area contributed by atoms with Gasteiger partial charge in [0.15, 0.2) is 5.82 Å². The van der Waals surface area contributed by atoms with Crippen LogP contribution in [0.15, 0.2) is 53.6 Å². The lowest BCUT2D eigenvalue weighted by molar-refractivity contribution is 0.410. The molecule has 27 heavy (non-hydrogen) atoms. The molecule has 0 bridgehead atoms. The van der Waals surface area contributed by atoms with Gasteiger partial charge >= 0.3 is 0 Å². The predicted octanol–water partition coefficient (Wildman–Crippen LogP) is 3.82. The summed E-state index contributed by atoms with van der Waals surface area (Å²) in [6.45, 7) is 2.28. The fraction of sp³-hybridized carbons (Fsp3) is 0.200. The lowest BCUT2D eigenvalue weighted by atomic mass is 10.2. The molecule has 6 nitrogen and oxygen atoms in total. The smallest absolute Gasteiger partial charge is 0.297 e. The van der Waals surface area contributed by atoms with E-state index in [1.54, 1.807) is 25.6 Å². The average Bonchev–Trinajstić information content (AvgIpc) is 2.69. The first-order valence-electron chi connectivity index (χ1n) is 8.33. The minimum Gasteiger partial charge on any atom is -0.496 e. The zero-order valence-electron chi connectivity index (χ0n) is 15.3. The van der Waals surface area contributed by atoms with Crippen molar-refractivity contribution in [2.75, 3.05) is 19.5 Å². The van der Waals surface area contributed by atoms with Crippen molar-refractivity contribution in [2.45, 2.75) is 13.5 Å². The second-order valence-corrected chi connectivity index (χ2v) is 6.30. The highest BCUT2D eigenvalue weighted by Crippen LogP contribution is 2.29. The van der Waals surface area contributed by atoms with E-state index in [9.17, 15) is 4.79 Å². The number of methoxy groups -OCH3 is 2. The molecule has 0 saturated heterocycles. The molecule has 0 saturated carbocycles. The van der Waals surface area contributed by atoms with E-state index in [2.05, 4.69) is 10.3 Å². The van der Waals surface area contributed by atoms with Gasteiger partial charge in [-0.2, -0.15) is 0 Å². The second kappa shape index (κ2) is 8.14. The number of nitrogens with one attached hydrogen (secondary N) is 1. The molecule has 140 valence electrons. The van der Waals surface area contributed by atoms with Crippen LogP contribution in [0.3, 0.4) is 0 Å². The van der Waals surface area contributed by atoms with E-state index in [1.165, 1.54) is 11.7 Å². The van der Waals surface area contributed by atoms with Gasteiger partial charge in [0.05, 0.1) is 19.9 Å². The third-order valence-electron chi connectivity index (χ3n) is 4.20. The number of halogens is 1. The van der Waals surface area contributed by atoms with Crippen LogP contribution in [-0.4, -0.2) is 23.8 Å². The van der Waals surface area contributed by atoms with Crippen LogP contribution < -0.4 is 20.3 Å². The van der Waals surface area contributed by atoms with Gasteiger partial charge in [0, 0.05) is 35.6 Å². The second-order valence-electron chi connectivity index (χ2n) is 5.89.